The van der Waals surface area contributed by atoms with Crippen molar-refractivity contribution in [2.24, 2.45) is 0 Å². The third-order valence-corrected chi connectivity index (χ3v) is 0.728. The van der Waals surface area contributed by atoms with Gasteiger partial charge in [-0.2, -0.15) is 0 Å². The van der Waals surface area contributed by atoms with Crippen molar-refractivity contribution in [1.82, 2.24) is 0 Å². The van der Waals surface area contributed by atoms with E-state index < -0.39 is 5.97 Å². The van der Waals surface area contributed by atoms with Crippen LogP contribution in [0.5, 0.6) is 0 Å². The van der Waals surface area contributed by atoms with E-state index >= 15 is 0 Å². The number of hydrogen-bond acceptors (Lipinski definition) is 5. The number of aliphatic hydroxyl groups is 1. The average molecular weight is 188 g/mol. The van der Waals surface area contributed by atoms with Gasteiger partial charge >= 0.3 is 5.97 Å². The Hall–Kier alpha value is -1.49. The normalized spacial score (nSPS) is 7.54. The summed E-state index contributed by atoms with van der Waals surface area (Å²) in [4.78, 5) is 28.1. The Labute approximate surface area is 76.0 Å². The molecule has 0 rings (SSSR count). The van der Waals surface area contributed by atoms with Crippen LogP contribution in [0.2, 0.25) is 0 Å². The Morgan fingerprint density at radius 1 is 1.46 bits per heavy atom. The van der Waals surface area contributed by atoms with Crippen LogP contribution in [0.3, 0.4) is 0 Å². The van der Waals surface area contributed by atoms with Crippen molar-refractivity contribution in [1.29, 1.82) is 0 Å². The summed E-state index contributed by atoms with van der Waals surface area (Å²) < 4.78 is 4.46. The minimum Gasteiger partial charge on any atom is -0.460 e. The SMILES string of the molecule is C=C(C)C(=O)OCCO.O=CC=O. The zero-order valence-electron chi connectivity index (χ0n) is 7.36. The van der Waals surface area contributed by atoms with Gasteiger partial charge in [0.25, 0.3) is 0 Å². The highest BCUT2D eigenvalue weighted by atomic mass is 16.5. The predicted molar refractivity (Wildman–Crippen MR) is 45.0 cm³/mol. The first-order valence-corrected chi connectivity index (χ1v) is 3.42. The topological polar surface area (TPSA) is 80.7 Å². The first-order valence-electron chi connectivity index (χ1n) is 3.42. The number of rotatable bonds is 4. The van der Waals surface area contributed by atoms with E-state index in [9.17, 15) is 4.79 Å². The summed E-state index contributed by atoms with van der Waals surface area (Å²) in [5.41, 5.74) is 0.350. The molecule has 1 N–H and O–H groups in total. The lowest BCUT2D eigenvalue weighted by molar-refractivity contribution is -0.139. The number of aldehydes is 2. The van der Waals surface area contributed by atoms with Crippen molar-refractivity contribution in [2.45, 2.75) is 6.92 Å². The van der Waals surface area contributed by atoms with Crippen LogP contribution in [0.15, 0.2) is 12.2 Å². The molecule has 5 nitrogen and oxygen atoms in total. The molecule has 0 aromatic carbocycles. The van der Waals surface area contributed by atoms with Crippen molar-refractivity contribution < 1.29 is 24.2 Å². The first-order chi connectivity index (χ1) is 6.09. The standard InChI is InChI=1S/C6H10O3.C2H2O2/c1-5(2)6(8)9-4-3-7;3-1-2-4/h7H,1,3-4H2,2H3;1-2H. The molecule has 0 unspecified atom stereocenters. The molecule has 74 valence electrons. The van der Waals surface area contributed by atoms with Gasteiger partial charge in [-0.3, -0.25) is 9.59 Å². The predicted octanol–water partition coefficient (Wildman–Crippen LogP) is -0.518. The van der Waals surface area contributed by atoms with Gasteiger partial charge < -0.3 is 9.84 Å². The maximum Gasteiger partial charge on any atom is 0.333 e. The molecule has 0 aliphatic rings. The van der Waals surface area contributed by atoms with E-state index in [4.69, 9.17) is 14.7 Å². The van der Waals surface area contributed by atoms with Gasteiger partial charge in [-0.05, 0) is 6.92 Å². The Morgan fingerprint density at radius 2 is 1.92 bits per heavy atom. The maximum absolute atomic E-state index is 10.5. The Bertz CT molecular complexity index is 179. The van der Waals surface area contributed by atoms with Crippen molar-refractivity contribution in [2.75, 3.05) is 13.2 Å². The van der Waals surface area contributed by atoms with E-state index in [1.165, 1.54) is 0 Å². The molecule has 0 atom stereocenters. The highest BCUT2D eigenvalue weighted by Crippen LogP contribution is 1.89. The summed E-state index contributed by atoms with van der Waals surface area (Å²) in [6, 6.07) is 0. The lowest BCUT2D eigenvalue weighted by atomic mass is 10.4. The number of esters is 1. The molecule has 0 bridgehead atoms. The van der Waals surface area contributed by atoms with Gasteiger partial charge in [-0.1, -0.05) is 6.58 Å². The third-order valence-electron chi connectivity index (χ3n) is 0.728. The molecular weight excluding hydrogens is 176 g/mol. The molecule has 0 aromatic heterocycles. The van der Waals surface area contributed by atoms with Crippen LogP contribution in [-0.2, 0) is 19.1 Å². The first kappa shape index (κ1) is 14.1. The summed E-state index contributed by atoms with van der Waals surface area (Å²) in [5.74, 6) is -0.455. The monoisotopic (exact) mass is 188 g/mol. The molecule has 0 saturated heterocycles. The van der Waals surface area contributed by atoms with Gasteiger partial charge in [0, 0.05) is 5.57 Å². The van der Waals surface area contributed by atoms with Crippen molar-refractivity contribution >= 4 is 18.5 Å². The second-order valence-electron chi connectivity index (χ2n) is 1.91. The van der Waals surface area contributed by atoms with Crippen molar-refractivity contribution in [3.8, 4) is 0 Å². The minimum absolute atomic E-state index is 0.0473. The van der Waals surface area contributed by atoms with E-state index in [1.807, 2.05) is 0 Å². The van der Waals surface area contributed by atoms with Crippen molar-refractivity contribution in [3.63, 3.8) is 0 Å². The molecule has 0 aromatic rings. The molecule has 0 heterocycles. The van der Waals surface area contributed by atoms with Gasteiger partial charge in [0.1, 0.15) is 6.61 Å². The third kappa shape index (κ3) is 13.5. The molecule has 0 spiro atoms. The van der Waals surface area contributed by atoms with Crippen LogP contribution < -0.4 is 0 Å². The highest BCUT2D eigenvalue weighted by molar-refractivity contribution is 6.09. The molecular formula is C8H12O5. The number of hydrogen-bond donors (Lipinski definition) is 1. The zero-order valence-corrected chi connectivity index (χ0v) is 7.36. The van der Waals surface area contributed by atoms with Crippen LogP contribution in [0.25, 0.3) is 0 Å². The summed E-state index contributed by atoms with van der Waals surface area (Å²) >= 11 is 0. The van der Waals surface area contributed by atoms with Gasteiger partial charge in [-0.25, -0.2) is 4.79 Å². The van der Waals surface area contributed by atoms with E-state index in [2.05, 4.69) is 11.3 Å². The van der Waals surface area contributed by atoms with Gasteiger partial charge in [0.2, 0.25) is 0 Å². The Morgan fingerprint density at radius 3 is 2.15 bits per heavy atom. The minimum atomic E-state index is -0.455. The van der Waals surface area contributed by atoms with Gasteiger partial charge in [0.15, 0.2) is 12.6 Å². The van der Waals surface area contributed by atoms with Crippen LogP contribution in [0, 0.1) is 0 Å². The highest BCUT2D eigenvalue weighted by Gasteiger charge is 1.99. The number of ether oxygens (including phenoxy) is 1. The molecule has 13 heavy (non-hydrogen) atoms. The van der Waals surface area contributed by atoms with E-state index in [0.29, 0.717) is 5.57 Å². The average Bonchev–Trinajstić information content (AvgIpc) is 2.14. The summed E-state index contributed by atoms with van der Waals surface area (Å²) in [6.07, 6.45) is 0.389. The second-order valence-corrected chi connectivity index (χ2v) is 1.91. The molecule has 0 radical (unpaired) electrons. The number of carbonyl (C=O) groups is 3. The molecule has 0 fully saturated rings. The van der Waals surface area contributed by atoms with E-state index in [0.717, 1.165) is 0 Å². The fourth-order valence-corrected chi connectivity index (χ4v) is 0.262. The fourth-order valence-electron chi connectivity index (χ4n) is 0.262. The smallest absolute Gasteiger partial charge is 0.333 e. The maximum atomic E-state index is 10.5. The summed E-state index contributed by atoms with van der Waals surface area (Å²) in [7, 11) is 0. The summed E-state index contributed by atoms with van der Waals surface area (Å²) in [5, 5.41) is 8.19. The fraction of sp³-hybridized carbons (Fsp3) is 0.375. The quantitative estimate of drug-likeness (QED) is 0.278. The molecule has 0 aliphatic heterocycles. The van der Waals surface area contributed by atoms with Crippen molar-refractivity contribution in [3.05, 3.63) is 12.2 Å². The molecule has 0 aliphatic carbocycles. The van der Waals surface area contributed by atoms with Gasteiger partial charge in [0.05, 0.1) is 6.61 Å². The number of aliphatic hydroxyl groups excluding tert-OH is 1. The number of carbonyl (C=O) groups excluding carboxylic acids is 3. The van der Waals surface area contributed by atoms with Crippen LogP contribution in [-0.4, -0.2) is 36.9 Å². The lowest BCUT2D eigenvalue weighted by Gasteiger charge is -1.99. The van der Waals surface area contributed by atoms with Crippen LogP contribution >= 0.6 is 0 Å². The molecule has 0 saturated carbocycles. The van der Waals surface area contributed by atoms with Crippen LogP contribution in [0.4, 0.5) is 0 Å². The Kier molecular flexibility index (Phi) is 11.4. The lowest BCUT2D eigenvalue weighted by Crippen LogP contribution is -2.08. The zero-order chi connectivity index (χ0) is 10.7. The van der Waals surface area contributed by atoms with Crippen LogP contribution in [0.1, 0.15) is 6.92 Å². The second kappa shape index (κ2) is 10.5. The molecule has 0 amide bonds. The van der Waals surface area contributed by atoms with E-state index in [-0.39, 0.29) is 25.8 Å². The summed E-state index contributed by atoms with van der Waals surface area (Å²) in [6.45, 7) is 4.81. The largest absolute Gasteiger partial charge is 0.460 e. The van der Waals surface area contributed by atoms with E-state index in [1.54, 1.807) is 6.92 Å². The molecule has 5 heteroatoms. The Balaban J connectivity index is 0. The van der Waals surface area contributed by atoms with Gasteiger partial charge in [-0.15, -0.1) is 0 Å².